The van der Waals surface area contributed by atoms with Gasteiger partial charge in [-0.25, -0.2) is 0 Å². The molecule has 0 aromatic heterocycles. The van der Waals surface area contributed by atoms with Crippen molar-refractivity contribution < 1.29 is 24.2 Å². The smallest absolute Gasteiger partial charge is 0.311 e. The van der Waals surface area contributed by atoms with E-state index in [2.05, 4.69) is 13.2 Å². The van der Waals surface area contributed by atoms with E-state index < -0.39 is 33.4 Å². The van der Waals surface area contributed by atoms with Crippen molar-refractivity contribution in [2.75, 3.05) is 19.8 Å². The van der Waals surface area contributed by atoms with Gasteiger partial charge in [-0.1, -0.05) is 12.2 Å². The van der Waals surface area contributed by atoms with Crippen LogP contribution in [0.25, 0.3) is 0 Å². The van der Waals surface area contributed by atoms with E-state index in [9.17, 15) is 19.5 Å². The van der Waals surface area contributed by atoms with E-state index in [1.807, 2.05) is 20.8 Å². The lowest BCUT2D eigenvalue weighted by Crippen LogP contribution is -2.58. The molecular formula is C25H38N2O5S. The largest absolute Gasteiger partial charge is 0.465 e. The van der Waals surface area contributed by atoms with Gasteiger partial charge in [-0.3, -0.25) is 14.4 Å². The van der Waals surface area contributed by atoms with E-state index in [0.29, 0.717) is 19.4 Å². The summed E-state index contributed by atoms with van der Waals surface area (Å²) in [7, 11) is 0. The molecule has 33 heavy (non-hydrogen) atoms. The van der Waals surface area contributed by atoms with Gasteiger partial charge in [-0.05, 0) is 53.4 Å². The highest BCUT2D eigenvalue weighted by atomic mass is 32.2. The minimum atomic E-state index is -0.732. The van der Waals surface area contributed by atoms with Gasteiger partial charge < -0.3 is 19.6 Å². The van der Waals surface area contributed by atoms with Gasteiger partial charge in [-0.15, -0.1) is 24.9 Å². The zero-order chi connectivity index (χ0) is 24.6. The molecule has 3 aliphatic heterocycles. The summed E-state index contributed by atoms with van der Waals surface area (Å²) in [6.07, 6.45) is 6.33. The summed E-state index contributed by atoms with van der Waals surface area (Å²) in [6, 6.07) is -1.33. The molecule has 0 aromatic rings. The first-order chi connectivity index (χ1) is 15.6. The van der Waals surface area contributed by atoms with Gasteiger partial charge in [0.2, 0.25) is 11.8 Å². The van der Waals surface area contributed by atoms with Gasteiger partial charge >= 0.3 is 5.97 Å². The number of thioether (sulfide) groups is 1. The van der Waals surface area contributed by atoms with Gasteiger partial charge in [0.15, 0.2) is 0 Å². The van der Waals surface area contributed by atoms with Gasteiger partial charge in [-0.2, -0.15) is 0 Å². The van der Waals surface area contributed by atoms with Crippen LogP contribution in [0.4, 0.5) is 0 Å². The highest BCUT2D eigenvalue weighted by Crippen LogP contribution is 2.71. The molecule has 184 valence electrons. The molecule has 7 nitrogen and oxygen atoms in total. The van der Waals surface area contributed by atoms with E-state index >= 15 is 0 Å². The second-order valence-corrected chi connectivity index (χ2v) is 11.9. The fourth-order valence-electron chi connectivity index (χ4n) is 5.90. The van der Waals surface area contributed by atoms with Crippen LogP contribution in [-0.4, -0.2) is 80.1 Å². The number of nitrogens with zero attached hydrogens (tertiary/aromatic N) is 2. The molecule has 8 heteroatoms. The van der Waals surface area contributed by atoms with Crippen LogP contribution in [-0.2, 0) is 19.1 Å². The van der Waals surface area contributed by atoms with Crippen molar-refractivity contribution >= 4 is 29.5 Å². The summed E-state index contributed by atoms with van der Waals surface area (Å²) in [5.74, 6) is -1.95. The SMILES string of the molecule is C=CCCCOC(=O)[C@@H]1[C@H]2C(=O)N([C@H](C)CO)C(C(=O)N(CC=C)C(C)C)C23CC[C@@]1(C)S3. The van der Waals surface area contributed by atoms with Crippen molar-refractivity contribution in [2.24, 2.45) is 11.8 Å². The van der Waals surface area contributed by atoms with E-state index in [1.165, 1.54) is 0 Å². The Balaban J connectivity index is 2.01. The normalized spacial score (nSPS) is 33.2. The minimum absolute atomic E-state index is 0.0721. The molecule has 1 spiro atoms. The summed E-state index contributed by atoms with van der Waals surface area (Å²) in [4.78, 5) is 44.4. The molecular weight excluding hydrogens is 440 g/mol. The van der Waals surface area contributed by atoms with E-state index in [1.54, 1.807) is 40.6 Å². The summed E-state index contributed by atoms with van der Waals surface area (Å²) in [6.45, 7) is 15.6. The number of amides is 2. The number of likely N-dealkylation sites (tertiary alicyclic amines) is 1. The number of fused-ring (bicyclic) bond motifs is 1. The molecule has 2 unspecified atom stereocenters. The molecule has 3 aliphatic rings. The topological polar surface area (TPSA) is 87.1 Å². The number of aliphatic hydroxyl groups excluding tert-OH is 1. The van der Waals surface area contributed by atoms with Crippen molar-refractivity contribution in [3.63, 3.8) is 0 Å². The number of unbranched alkanes of at least 4 members (excludes halogenated alkanes) is 1. The fraction of sp³-hybridized carbons (Fsp3) is 0.720. The van der Waals surface area contributed by atoms with Crippen molar-refractivity contribution in [3.8, 4) is 0 Å². The van der Waals surface area contributed by atoms with Gasteiger partial charge in [0.05, 0.1) is 35.8 Å². The predicted molar refractivity (Wildman–Crippen MR) is 130 cm³/mol. The number of allylic oxidation sites excluding steroid dienone is 1. The fourth-order valence-corrected chi connectivity index (χ4v) is 8.23. The zero-order valence-corrected chi connectivity index (χ0v) is 21.1. The molecule has 3 fully saturated rings. The molecule has 3 rings (SSSR count). The summed E-state index contributed by atoms with van der Waals surface area (Å²) in [5, 5.41) is 9.94. The molecule has 0 saturated carbocycles. The Morgan fingerprint density at radius 1 is 1.30 bits per heavy atom. The number of ether oxygens (including phenoxy) is 1. The molecule has 6 atom stereocenters. The molecule has 0 radical (unpaired) electrons. The first-order valence-corrected chi connectivity index (χ1v) is 12.7. The third kappa shape index (κ3) is 4.14. The maximum atomic E-state index is 14.0. The average Bonchev–Trinajstić information content (AvgIpc) is 3.34. The highest BCUT2D eigenvalue weighted by molar-refractivity contribution is 8.02. The van der Waals surface area contributed by atoms with Gasteiger partial charge in [0.1, 0.15) is 6.04 Å². The zero-order valence-electron chi connectivity index (χ0n) is 20.3. The maximum Gasteiger partial charge on any atom is 0.311 e. The van der Waals surface area contributed by atoms with Gasteiger partial charge in [0.25, 0.3) is 0 Å². The molecule has 3 heterocycles. The number of rotatable bonds is 11. The Morgan fingerprint density at radius 3 is 2.58 bits per heavy atom. The second-order valence-electron chi connectivity index (χ2n) is 9.98. The molecule has 0 aliphatic carbocycles. The molecule has 2 bridgehead atoms. The number of carbonyl (C=O) groups is 3. The Kier molecular flexibility index (Phi) is 7.68. The Morgan fingerprint density at radius 2 is 2.00 bits per heavy atom. The Hall–Kier alpha value is -1.80. The first-order valence-electron chi connectivity index (χ1n) is 11.9. The number of hydrogen-bond acceptors (Lipinski definition) is 6. The molecule has 3 saturated heterocycles. The quantitative estimate of drug-likeness (QED) is 0.279. The van der Waals surface area contributed by atoms with Crippen molar-refractivity contribution in [2.45, 2.75) is 81.0 Å². The van der Waals surface area contributed by atoms with Crippen LogP contribution in [0.5, 0.6) is 0 Å². The lowest BCUT2D eigenvalue weighted by Gasteiger charge is -2.40. The predicted octanol–water partition coefficient (Wildman–Crippen LogP) is 2.78. The summed E-state index contributed by atoms with van der Waals surface area (Å²) < 4.78 is 4.46. The third-order valence-electron chi connectivity index (χ3n) is 7.47. The standard InChI is InChI=1S/C25H38N2O5S/c1-7-9-10-14-32-23(31)19-18-21(29)27(17(5)15-28)20(22(30)26(13-8-2)16(3)4)25(18)12-11-24(19,6)33-25/h7-8,16-20,28H,1-2,9-15H2,3-6H3/t17-,18+,19+,20?,24-,25?/m1/s1. The summed E-state index contributed by atoms with van der Waals surface area (Å²) in [5.41, 5.74) is 0. The van der Waals surface area contributed by atoms with E-state index in [-0.39, 0.29) is 37.0 Å². The molecule has 1 N–H and O–H groups in total. The van der Waals surface area contributed by atoms with Crippen molar-refractivity contribution in [3.05, 3.63) is 25.3 Å². The monoisotopic (exact) mass is 478 g/mol. The Labute approximate surface area is 201 Å². The first kappa shape index (κ1) is 25.8. The van der Waals surface area contributed by atoms with Crippen LogP contribution < -0.4 is 0 Å². The molecule has 0 aromatic carbocycles. The second kappa shape index (κ2) is 9.82. The third-order valence-corrected chi connectivity index (χ3v) is 9.46. The van der Waals surface area contributed by atoms with Crippen molar-refractivity contribution in [1.82, 2.24) is 9.80 Å². The van der Waals surface area contributed by atoms with Crippen molar-refractivity contribution in [1.29, 1.82) is 0 Å². The summed E-state index contributed by atoms with van der Waals surface area (Å²) >= 11 is 1.62. The Bertz CT molecular complexity index is 817. The van der Waals surface area contributed by atoms with E-state index in [4.69, 9.17) is 4.74 Å². The average molecular weight is 479 g/mol. The van der Waals surface area contributed by atoms with Gasteiger partial charge in [0, 0.05) is 17.3 Å². The number of carbonyl (C=O) groups excluding carboxylic acids is 3. The van der Waals surface area contributed by atoms with Crippen LogP contribution in [0.2, 0.25) is 0 Å². The number of aliphatic hydroxyl groups is 1. The maximum absolute atomic E-state index is 14.0. The van der Waals surface area contributed by atoms with E-state index in [0.717, 1.165) is 12.8 Å². The lowest BCUT2D eigenvalue weighted by atomic mass is 9.66. The van der Waals surface area contributed by atoms with Crippen LogP contribution in [0.1, 0.15) is 53.4 Å². The van der Waals surface area contributed by atoms with Crippen LogP contribution >= 0.6 is 11.8 Å². The number of hydrogen-bond donors (Lipinski definition) is 1. The van der Waals surface area contributed by atoms with Crippen LogP contribution in [0.3, 0.4) is 0 Å². The number of esters is 1. The van der Waals surface area contributed by atoms with Crippen LogP contribution in [0.15, 0.2) is 25.3 Å². The van der Waals surface area contributed by atoms with Crippen LogP contribution in [0, 0.1) is 11.8 Å². The molecule has 2 amide bonds. The highest BCUT2D eigenvalue weighted by Gasteiger charge is 2.78. The lowest BCUT2D eigenvalue weighted by molar-refractivity contribution is -0.156. The minimum Gasteiger partial charge on any atom is -0.465 e.